The molecule has 2 N–H and O–H groups in total. The van der Waals surface area contributed by atoms with E-state index >= 15 is 0 Å². The molecule has 0 radical (unpaired) electrons. The molecule has 0 aromatic rings. The van der Waals surface area contributed by atoms with Gasteiger partial charge in [0.25, 0.3) is 0 Å². The summed E-state index contributed by atoms with van der Waals surface area (Å²) in [4.78, 5) is 13.3. The van der Waals surface area contributed by atoms with Crippen molar-refractivity contribution in [3.05, 3.63) is 0 Å². The molecule has 1 saturated carbocycles. The highest BCUT2D eigenvalue weighted by Crippen LogP contribution is 2.51. The number of piperidine rings is 1. The van der Waals surface area contributed by atoms with Crippen molar-refractivity contribution in [3.63, 3.8) is 0 Å². The van der Waals surface area contributed by atoms with Gasteiger partial charge in [-0.3, -0.25) is 9.69 Å². The normalized spacial score (nSPS) is 36.8. The summed E-state index contributed by atoms with van der Waals surface area (Å²) in [5.41, 5.74) is -0.540. The number of amides is 1. The Kier molecular flexibility index (Phi) is 3.53. The topological polar surface area (TPSA) is 61.8 Å². The van der Waals surface area contributed by atoms with Crippen molar-refractivity contribution >= 4 is 5.91 Å². The summed E-state index contributed by atoms with van der Waals surface area (Å²) in [6.07, 6.45) is 1.52. The monoisotopic (exact) mass is 268 g/mol. The van der Waals surface area contributed by atoms with Gasteiger partial charge in [-0.25, -0.2) is 0 Å². The maximum absolute atomic E-state index is 10.9. The van der Waals surface area contributed by atoms with E-state index in [2.05, 4.69) is 10.2 Å². The molecule has 2 saturated heterocycles. The zero-order valence-corrected chi connectivity index (χ0v) is 11.6. The molecule has 2 atom stereocenters. The zero-order chi connectivity index (χ0) is 13.5. The van der Waals surface area contributed by atoms with Gasteiger partial charge in [0.1, 0.15) is 0 Å². The average Bonchev–Trinajstić information content (AvgIpc) is 2.80. The first-order valence-electron chi connectivity index (χ1n) is 7.34. The van der Waals surface area contributed by atoms with E-state index in [1.807, 2.05) is 0 Å². The highest BCUT2D eigenvalue weighted by atomic mass is 16.5. The molecule has 2 aliphatic heterocycles. The number of hydrogen-bond acceptors (Lipinski definition) is 4. The molecule has 0 bridgehead atoms. The van der Waals surface area contributed by atoms with Crippen molar-refractivity contribution < 1.29 is 14.6 Å². The molecule has 1 amide bonds. The minimum Gasteiger partial charge on any atom is -0.388 e. The fourth-order valence-corrected chi connectivity index (χ4v) is 3.76. The van der Waals surface area contributed by atoms with Crippen molar-refractivity contribution in [2.45, 2.75) is 25.4 Å². The molecule has 0 aromatic heterocycles. The van der Waals surface area contributed by atoms with Gasteiger partial charge in [0.05, 0.1) is 5.60 Å². The number of ether oxygens (including phenoxy) is 1. The number of β-amino-alcohol motifs (C(OH)–C–C–N with tert-alkyl or cyclic N) is 1. The summed E-state index contributed by atoms with van der Waals surface area (Å²) in [6.45, 7) is 6.72. The van der Waals surface area contributed by atoms with Gasteiger partial charge >= 0.3 is 0 Å². The number of hydrogen-bond donors (Lipinski definition) is 2. The van der Waals surface area contributed by atoms with Crippen LogP contribution in [0.1, 0.15) is 19.8 Å². The lowest BCUT2D eigenvalue weighted by Gasteiger charge is -2.36. The average molecular weight is 268 g/mol. The lowest BCUT2D eigenvalue weighted by Crippen LogP contribution is -2.47. The molecule has 1 aliphatic carbocycles. The van der Waals surface area contributed by atoms with Crippen molar-refractivity contribution in [1.82, 2.24) is 10.2 Å². The number of carbonyl (C=O) groups excluding carboxylic acids is 1. The SMILES string of the molecule is CC(=O)NCC1C2CN(CC3(O)CCOCC3)CC12. The van der Waals surface area contributed by atoms with Gasteiger partial charge in [-0.15, -0.1) is 0 Å². The molecule has 2 heterocycles. The van der Waals surface area contributed by atoms with Crippen LogP contribution < -0.4 is 5.32 Å². The zero-order valence-electron chi connectivity index (χ0n) is 11.6. The maximum Gasteiger partial charge on any atom is 0.216 e. The Hall–Kier alpha value is -0.650. The molecule has 5 nitrogen and oxygen atoms in total. The van der Waals surface area contributed by atoms with Gasteiger partial charge in [-0.1, -0.05) is 0 Å². The molecular weight excluding hydrogens is 244 g/mol. The highest BCUT2D eigenvalue weighted by Gasteiger charge is 2.55. The van der Waals surface area contributed by atoms with Crippen molar-refractivity contribution in [1.29, 1.82) is 0 Å². The van der Waals surface area contributed by atoms with Gasteiger partial charge < -0.3 is 15.2 Å². The van der Waals surface area contributed by atoms with E-state index in [9.17, 15) is 9.90 Å². The third kappa shape index (κ3) is 2.93. The number of likely N-dealkylation sites (tertiary alicyclic amines) is 1. The Balaban J connectivity index is 1.42. The lowest BCUT2D eigenvalue weighted by atomic mass is 9.93. The number of fused-ring (bicyclic) bond motifs is 1. The molecule has 3 aliphatic rings. The summed E-state index contributed by atoms with van der Waals surface area (Å²) in [6, 6.07) is 0. The number of rotatable bonds is 4. The van der Waals surface area contributed by atoms with Crippen molar-refractivity contribution in [2.75, 3.05) is 39.4 Å². The molecule has 5 heteroatoms. The summed E-state index contributed by atoms with van der Waals surface area (Å²) in [7, 11) is 0. The molecule has 3 fully saturated rings. The summed E-state index contributed by atoms with van der Waals surface area (Å²) in [5, 5.41) is 13.4. The highest BCUT2D eigenvalue weighted by molar-refractivity contribution is 5.72. The lowest BCUT2D eigenvalue weighted by molar-refractivity contribution is -0.119. The van der Waals surface area contributed by atoms with Gasteiger partial charge in [-0.2, -0.15) is 0 Å². The number of nitrogens with one attached hydrogen (secondary N) is 1. The number of aliphatic hydroxyl groups is 1. The first-order chi connectivity index (χ1) is 9.07. The van der Waals surface area contributed by atoms with Crippen LogP contribution in [0.25, 0.3) is 0 Å². The van der Waals surface area contributed by atoms with Crippen molar-refractivity contribution in [2.24, 2.45) is 17.8 Å². The minimum atomic E-state index is -0.540. The Morgan fingerprint density at radius 2 is 2.00 bits per heavy atom. The second kappa shape index (κ2) is 5.04. The van der Waals surface area contributed by atoms with Crippen LogP contribution >= 0.6 is 0 Å². The third-order valence-corrected chi connectivity index (χ3v) is 4.98. The van der Waals surface area contributed by atoms with Crippen LogP contribution in [0, 0.1) is 17.8 Å². The predicted molar refractivity (Wildman–Crippen MR) is 70.6 cm³/mol. The van der Waals surface area contributed by atoms with Gasteiger partial charge in [-0.05, 0) is 17.8 Å². The molecule has 108 valence electrons. The Morgan fingerprint density at radius 3 is 2.58 bits per heavy atom. The third-order valence-electron chi connectivity index (χ3n) is 4.98. The van der Waals surface area contributed by atoms with Crippen LogP contribution in [-0.2, 0) is 9.53 Å². The number of carbonyl (C=O) groups is 1. The molecule has 0 spiro atoms. The van der Waals surface area contributed by atoms with Crippen LogP contribution in [0.2, 0.25) is 0 Å². The van der Waals surface area contributed by atoms with E-state index in [0.717, 1.165) is 50.9 Å². The van der Waals surface area contributed by atoms with E-state index < -0.39 is 5.60 Å². The first kappa shape index (κ1) is 13.3. The molecule has 0 aromatic carbocycles. The molecule has 19 heavy (non-hydrogen) atoms. The van der Waals surface area contributed by atoms with Crippen LogP contribution in [-0.4, -0.2) is 60.9 Å². The van der Waals surface area contributed by atoms with Crippen molar-refractivity contribution in [3.8, 4) is 0 Å². The fourth-order valence-electron chi connectivity index (χ4n) is 3.76. The molecular formula is C14H24N2O3. The maximum atomic E-state index is 10.9. The van der Waals surface area contributed by atoms with E-state index in [1.54, 1.807) is 6.92 Å². The summed E-state index contributed by atoms with van der Waals surface area (Å²) < 4.78 is 5.31. The second-order valence-corrected chi connectivity index (χ2v) is 6.46. The molecule has 3 rings (SSSR count). The predicted octanol–water partition coefficient (Wildman–Crippen LogP) is -0.158. The van der Waals surface area contributed by atoms with E-state index in [1.165, 1.54) is 0 Å². The molecule has 2 unspecified atom stereocenters. The number of nitrogens with zero attached hydrogens (tertiary/aromatic N) is 1. The van der Waals surface area contributed by atoms with Crippen LogP contribution in [0.15, 0.2) is 0 Å². The standard InChI is InChI=1S/C14H24N2O3/c1-10(17)15-6-11-12-7-16(8-13(11)12)9-14(18)2-4-19-5-3-14/h11-13,18H,2-9H2,1H3,(H,15,17). The van der Waals surface area contributed by atoms with E-state index in [0.29, 0.717) is 19.1 Å². The smallest absolute Gasteiger partial charge is 0.216 e. The van der Waals surface area contributed by atoms with Crippen LogP contribution in [0.5, 0.6) is 0 Å². The van der Waals surface area contributed by atoms with Crippen LogP contribution in [0.3, 0.4) is 0 Å². The largest absolute Gasteiger partial charge is 0.388 e. The Labute approximate surface area is 114 Å². The van der Waals surface area contributed by atoms with E-state index in [4.69, 9.17) is 4.74 Å². The second-order valence-electron chi connectivity index (χ2n) is 6.46. The Morgan fingerprint density at radius 1 is 1.37 bits per heavy atom. The van der Waals surface area contributed by atoms with Gasteiger partial charge in [0.2, 0.25) is 5.91 Å². The quantitative estimate of drug-likeness (QED) is 0.744. The van der Waals surface area contributed by atoms with Gasteiger partial charge in [0.15, 0.2) is 0 Å². The summed E-state index contributed by atoms with van der Waals surface area (Å²) in [5.74, 6) is 2.20. The minimum absolute atomic E-state index is 0.0679. The fraction of sp³-hybridized carbons (Fsp3) is 0.929. The van der Waals surface area contributed by atoms with Gasteiger partial charge in [0, 0.05) is 59.2 Å². The Bertz CT molecular complexity index is 343. The van der Waals surface area contributed by atoms with Crippen LogP contribution in [0.4, 0.5) is 0 Å². The first-order valence-corrected chi connectivity index (χ1v) is 7.34. The summed E-state index contributed by atoms with van der Waals surface area (Å²) >= 11 is 0. The van der Waals surface area contributed by atoms with E-state index in [-0.39, 0.29) is 5.91 Å².